The van der Waals surface area contributed by atoms with Crippen LogP contribution in [0.4, 0.5) is 10.4 Å². The number of rotatable bonds is 2. The molecule has 4 nitrogen and oxygen atoms in total. The molecule has 0 bridgehead atoms. The summed E-state index contributed by atoms with van der Waals surface area (Å²) in [6.45, 7) is 2.42. The highest BCUT2D eigenvalue weighted by atomic mass is 19.1. The first-order valence-electron chi connectivity index (χ1n) is 5.91. The molecule has 0 unspecified atom stereocenters. The van der Waals surface area contributed by atoms with E-state index in [1.807, 2.05) is 12.1 Å². The lowest BCUT2D eigenvalue weighted by atomic mass is 10.1. The number of benzene rings is 1. The number of halogens is 1. The van der Waals surface area contributed by atoms with Crippen molar-refractivity contribution >= 4 is 6.01 Å². The monoisotopic (exact) mass is 247 g/mol. The minimum atomic E-state index is -0.205. The molecule has 1 aromatic carbocycles. The Kier molecular flexibility index (Phi) is 2.76. The predicted octanol–water partition coefficient (Wildman–Crippen LogP) is 1.95. The molecule has 0 aliphatic carbocycles. The lowest BCUT2D eigenvalue weighted by Crippen LogP contribution is -2.29. The van der Waals surface area contributed by atoms with Gasteiger partial charge in [0, 0.05) is 26.1 Å². The second-order valence-electron chi connectivity index (χ2n) is 4.51. The number of hydrogen-bond donors (Lipinski definition) is 1. The number of nitrogen functional groups attached to an aromatic ring is 1. The number of nitrogens with two attached hydrogens (primary N) is 1. The van der Waals surface area contributed by atoms with Crippen LogP contribution < -0.4 is 5.73 Å². The molecule has 1 aliphatic heterocycles. The molecule has 2 heterocycles. The van der Waals surface area contributed by atoms with Gasteiger partial charge in [0.15, 0.2) is 0 Å². The van der Waals surface area contributed by atoms with Crippen LogP contribution in [-0.4, -0.2) is 16.4 Å². The van der Waals surface area contributed by atoms with E-state index in [0.29, 0.717) is 0 Å². The molecule has 94 valence electrons. The summed E-state index contributed by atoms with van der Waals surface area (Å²) < 4.78 is 18.1. The third kappa shape index (κ3) is 2.22. The average molecular weight is 247 g/mol. The molecule has 2 aromatic rings. The van der Waals surface area contributed by atoms with Crippen molar-refractivity contribution < 1.29 is 8.81 Å². The summed E-state index contributed by atoms with van der Waals surface area (Å²) in [7, 11) is 0. The summed E-state index contributed by atoms with van der Waals surface area (Å²) in [4.78, 5) is 6.41. The van der Waals surface area contributed by atoms with Crippen LogP contribution in [0.25, 0.3) is 0 Å². The van der Waals surface area contributed by atoms with Crippen LogP contribution in [0.2, 0.25) is 0 Å². The fraction of sp³-hybridized carbons (Fsp3) is 0.308. The first kappa shape index (κ1) is 11.2. The highest BCUT2D eigenvalue weighted by Gasteiger charge is 2.21. The molecule has 0 saturated heterocycles. The Morgan fingerprint density at radius 2 is 2.11 bits per heavy atom. The first-order chi connectivity index (χ1) is 8.70. The maximum absolute atomic E-state index is 12.8. The van der Waals surface area contributed by atoms with Crippen LogP contribution in [0, 0.1) is 5.82 Å². The average Bonchev–Trinajstić information content (AvgIpc) is 2.71. The van der Waals surface area contributed by atoms with E-state index in [2.05, 4.69) is 9.88 Å². The molecule has 0 spiro atoms. The van der Waals surface area contributed by atoms with Crippen molar-refractivity contribution in [2.75, 3.05) is 12.3 Å². The third-order valence-electron chi connectivity index (χ3n) is 3.14. The molecule has 18 heavy (non-hydrogen) atoms. The molecule has 0 fully saturated rings. The Bertz CT molecular complexity index is 550. The van der Waals surface area contributed by atoms with Crippen LogP contribution in [0.5, 0.6) is 0 Å². The second-order valence-corrected chi connectivity index (χ2v) is 4.51. The number of fused-ring (bicyclic) bond motifs is 1. The molecule has 1 aromatic heterocycles. The predicted molar refractivity (Wildman–Crippen MR) is 65.1 cm³/mol. The van der Waals surface area contributed by atoms with Gasteiger partial charge < -0.3 is 10.2 Å². The van der Waals surface area contributed by atoms with Gasteiger partial charge in [-0.3, -0.25) is 4.90 Å². The largest absolute Gasteiger partial charge is 0.429 e. The quantitative estimate of drug-likeness (QED) is 0.881. The lowest BCUT2D eigenvalue weighted by Gasteiger charge is -2.24. The summed E-state index contributed by atoms with van der Waals surface area (Å²) in [5.41, 5.74) is 7.55. The molecule has 3 rings (SSSR count). The highest BCUT2D eigenvalue weighted by molar-refractivity contribution is 5.23. The highest BCUT2D eigenvalue weighted by Crippen LogP contribution is 2.22. The van der Waals surface area contributed by atoms with Crippen molar-refractivity contribution in [1.29, 1.82) is 0 Å². The van der Waals surface area contributed by atoms with Gasteiger partial charge in [-0.1, -0.05) is 12.1 Å². The van der Waals surface area contributed by atoms with E-state index < -0.39 is 0 Å². The van der Waals surface area contributed by atoms with Gasteiger partial charge in [-0.05, 0) is 17.7 Å². The van der Waals surface area contributed by atoms with Gasteiger partial charge in [-0.25, -0.2) is 4.39 Å². The number of anilines is 1. The SMILES string of the molecule is Nc1nc2c(o1)CCN(Cc1ccc(F)cc1)C2. The Morgan fingerprint density at radius 3 is 2.89 bits per heavy atom. The van der Waals surface area contributed by atoms with Crippen LogP contribution in [-0.2, 0) is 19.5 Å². The van der Waals surface area contributed by atoms with E-state index in [-0.39, 0.29) is 11.8 Å². The van der Waals surface area contributed by atoms with Gasteiger partial charge in [-0.15, -0.1) is 0 Å². The second kappa shape index (κ2) is 4.42. The Morgan fingerprint density at radius 1 is 1.33 bits per heavy atom. The zero-order chi connectivity index (χ0) is 12.5. The maximum Gasteiger partial charge on any atom is 0.292 e. The lowest BCUT2D eigenvalue weighted by molar-refractivity contribution is 0.232. The van der Waals surface area contributed by atoms with E-state index in [4.69, 9.17) is 10.2 Å². The first-order valence-corrected chi connectivity index (χ1v) is 5.91. The summed E-state index contributed by atoms with van der Waals surface area (Å²) >= 11 is 0. The molecule has 0 radical (unpaired) electrons. The van der Waals surface area contributed by atoms with Crippen LogP contribution in [0.1, 0.15) is 17.0 Å². The Labute approximate surface area is 104 Å². The molecule has 0 atom stereocenters. The topological polar surface area (TPSA) is 55.3 Å². The number of oxazole rings is 1. The number of aromatic nitrogens is 1. The zero-order valence-electron chi connectivity index (χ0n) is 9.90. The van der Waals surface area contributed by atoms with Crippen LogP contribution >= 0.6 is 0 Å². The van der Waals surface area contributed by atoms with Crippen molar-refractivity contribution in [2.24, 2.45) is 0 Å². The van der Waals surface area contributed by atoms with E-state index in [1.54, 1.807) is 0 Å². The zero-order valence-corrected chi connectivity index (χ0v) is 9.90. The standard InChI is InChI=1S/C13H14FN3O/c14-10-3-1-9(2-4-10)7-17-6-5-12-11(8-17)16-13(15)18-12/h1-4H,5-8H2,(H2,15,16). The molecule has 5 heteroatoms. The molecule has 2 N–H and O–H groups in total. The fourth-order valence-corrected chi connectivity index (χ4v) is 2.26. The Balaban J connectivity index is 1.70. The van der Waals surface area contributed by atoms with Gasteiger partial charge in [0.25, 0.3) is 6.01 Å². The van der Waals surface area contributed by atoms with Crippen molar-refractivity contribution in [3.05, 3.63) is 47.1 Å². The molecule has 1 aliphatic rings. The van der Waals surface area contributed by atoms with Crippen LogP contribution in [0.15, 0.2) is 28.7 Å². The van der Waals surface area contributed by atoms with Crippen molar-refractivity contribution in [3.63, 3.8) is 0 Å². The van der Waals surface area contributed by atoms with Crippen molar-refractivity contribution in [2.45, 2.75) is 19.5 Å². The van der Waals surface area contributed by atoms with Gasteiger partial charge >= 0.3 is 0 Å². The third-order valence-corrected chi connectivity index (χ3v) is 3.14. The smallest absolute Gasteiger partial charge is 0.292 e. The number of hydrogen-bond acceptors (Lipinski definition) is 4. The van der Waals surface area contributed by atoms with E-state index in [9.17, 15) is 4.39 Å². The van der Waals surface area contributed by atoms with Gasteiger partial charge in [0.1, 0.15) is 11.6 Å². The van der Waals surface area contributed by atoms with Gasteiger partial charge in [-0.2, -0.15) is 4.98 Å². The normalized spacial score (nSPS) is 15.6. The molecule has 0 amide bonds. The summed E-state index contributed by atoms with van der Waals surface area (Å²) in [5, 5.41) is 0. The molecule has 0 saturated carbocycles. The molecular weight excluding hydrogens is 233 g/mol. The van der Waals surface area contributed by atoms with E-state index >= 15 is 0 Å². The van der Waals surface area contributed by atoms with Crippen molar-refractivity contribution in [1.82, 2.24) is 9.88 Å². The van der Waals surface area contributed by atoms with Gasteiger partial charge in [0.05, 0.1) is 5.69 Å². The summed E-state index contributed by atoms with van der Waals surface area (Å²) in [6, 6.07) is 6.82. The Hall–Kier alpha value is -1.88. The van der Waals surface area contributed by atoms with Gasteiger partial charge in [0.2, 0.25) is 0 Å². The number of nitrogens with zero attached hydrogens (tertiary/aromatic N) is 2. The summed E-state index contributed by atoms with van der Waals surface area (Å²) in [6.07, 6.45) is 0.820. The van der Waals surface area contributed by atoms with Crippen LogP contribution in [0.3, 0.4) is 0 Å². The molecular formula is C13H14FN3O. The van der Waals surface area contributed by atoms with E-state index in [0.717, 1.165) is 43.1 Å². The summed E-state index contributed by atoms with van der Waals surface area (Å²) in [5.74, 6) is 0.687. The van der Waals surface area contributed by atoms with E-state index in [1.165, 1.54) is 12.1 Å². The van der Waals surface area contributed by atoms with Crippen molar-refractivity contribution in [3.8, 4) is 0 Å². The maximum atomic E-state index is 12.8. The minimum Gasteiger partial charge on any atom is -0.429 e. The fourth-order valence-electron chi connectivity index (χ4n) is 2.26. The minimum absolute atomic E-state index is 0.205.